The van der Waals surface area contributed by atoms with Crippen molar-refractivity contribution < 1.29 is 43.8 Å². The predicted octanol–water partition coefficient (Wildman–Crippen LogP) is 8.85. The fraction of sp³-hybridized carbons (Fsp3) is 0.943. The minimum Gasteiger partial charge on any atom is -0.451 e. The molecule has 0 saturated carbocycles. The van der Waals surface area contributed by atoms with Gasteiger partial charge in [0.25, 0.3) is 0 Å². The summed E-state index contributed by atoms with van der Waals surface area (Å²) in [5.41, 5.74) is 0. The third-order valence-corrected chi connectivity index (χ3v) is 8.12. The van der Waals surface area contributed by atoms with Crippen LogP contribution in [0.4, 0.5) is 0 Å². The molecule has 0 radical (unpaired) electrons. The molecule has 0 rings (SSSR count). The highest BCUT2D eigenvalue weighted by molar-refractivity contribution is 7.45. The fourth-order valence-corrected chi connectivity index (χ4v) is 5.40. The molecule has 2 unspecified atom stereocenters. The van der Waals surface area contributed by atoms with Gasteiger partial charge in [0.15, 0.2) is 11.9 Å². The molecular formula is C35H71O9P. The van der Waals surface area contributed by atoms with E-state index in [0.717, 1.165) is 38.5 Å². The molecule has 45 heavy (non-hydrogen) atoms. The van der Waals surface area contributed by atoms with Crippen molar-refractivity contribution in [3.63, 3.8) is 0 Å². The molecule has 0 spiro atoms. The zero-order valence-corrected chi connectivity index (χ0v) is 29.9. The first kappa shape index (κ1) is 46.3. The summed E-state index contributed by atoms with van der Waals surface area (Å²) in [7, 11) is -4.64. The zero-order valence-electron chi connectivity index (χ0n) is 29.0. The lowest BCUT2D eigenvalue weighted by Gasteiger charge is -2.20. The van der Waals surface area contributed by atoms with Crippen molar-refractivity contribution in [3.8, 4) is 0 Å². The molecule has 0 aliphatic carbocycles. The first-order chi connectivity index (χ1) is 21.6. The van der Waals surface area contributed by atoms with Gasteiger partial charge in [-0.25, -0.2) is 4.57 Å². The number of hydrogen-bond acceptors (Lipinski definition) is 6. The van der Waals surface area contributed by atoms with Gasteiger partial charge >= 0.3 is 13.8 Å². The molecule has 2 atom stereocenters. The maximum absolute atomic E-state index is 12.6. The minimum absolute atomic E-state index is 0.262. The number of aliphatic hydroxyl groups excluding tert-OH is 2. The largest absolute Gasteiger partial charge is 0.466 e. The molecule has 5 N–H and O–H groups in total. The lowest BCUT2D eigenvalue weighted by Crippen LogP contribution is -2.40. The average Bonchev–Trinajstić information content (AvgIpc) is 2.99. The number of aliphatic hydroxyl groups is 2. The molecule has 0 aliphatic rings. The van der Waals surface area contributed by atoms with Gasteiger partial charge in [0, 0.05) is 12.8 Å². The SMILES string of the molecule is CCCCCCCCCCCCCCCC(=O)OC(C(=O)CCCCCCCCCCCCCCC)C(O)CO.O=P(O)(O)O. The standard InChI is InChI=1S/C35H68O5.H3O4P/c1-3-5-7-9-11-13-15-17-19-21-23-25-27-29-32(37)35(33(38)31-36)40-34(39)30-28-26-24-22-20-18-16-14-12-10-8-6-4-2;1-5(2,3)4/h33,35-36,38H,3-31H2,1-2H3;(H3,1,2,3,4). The van der Waals surface area contributed by atoms with Crippen LogP contribution >= 0.6 is 7.82 Å². The average molecular weight is 667 g/mol. The Morgan fingerprint density at radius 2 is 0.800 bits per heavy atom. The molecule has 0 aromatic carbocycles. The van der Waals surface area contributed by atoms with Gasteiger partial charge in [-0.1, -0.05) is 168 Å². The van der Waals surface area contributed by atoms with Gasteiger partial charge in [0.05, 0.1) is 6.61 Å². The maximum atomic E-state index is 12.6. The van der Waals surface area contributed by atoms with Crippen LogP contribution in [0, 0.1) is 0 Å². The van der Waals surface area contributed by atoms with Crippen LogP contribution in [0.15, 0.2) is 0 Å². The summed E-state index contributed by atoms with van der Waals surface area (Å²) in [4.78, 5) is 46.5. The maximum Gasteiger partial charge on any atom is 0.466 e. The molecule has 0 aromatic rings. The number of esters is 1. The molecule has 10 heteroatoms. The minimum atomic E-state index is -4.64. The molecule has 0 saturated heterocycles. The van der Waals surface area contributed by atoms with E-state index in [1.54, 1.807) is 0 Å². The van der Waals surface area contributed by atoms with Gasteiger partial charge in [0.1, 0.15) is 6.10 Å². The molecule has 270 valence electrons. The monoisotopic (exact) mass is 666 g/mol. The van der Waals surface area contributed by atoms with Crippen LogP contribution in [0.3, 0.4) is 0 Å². The van der Waals surface area contributed by atoms with Crippen LogP contribution < -0.4 is 0 Å². The Bertz CT molecular complexity index is 690. The quantitative estimate of drug-likeness (QED) is 0.0268. The Balaban J connectivity index is 0. The Hall–Kier alpha value is -0.830. The summed E-state index contributed by atoms with van der Waals surface area (Å²) in [6.45, 7) is 3.93. The van der Waals surface area contributed by atoms with Gasteiger partial charge in [-0.2, -0.15) is 0 Å². The number of phosphoric acid groups is 1. The second kappa shape index (κ2) is 34.5. The Morgan fingerprint density at radius 3 is 1.09 bits per heavy atom. The van der Waals surface area contributed by atoms with Crippen molar-refractivity contribution in [2.24, 2.45) is 0 Å². The number of Topliss-reactive ketones (excluding diaryl/α,β-unsaturated/α-hetero) is 1. The first-order valence-electron chi connectivity index (χ1n) is 18.4. The van der Waals surface area contributed by atoms with Crippen LogP contribution in [0.5, 0.6) is 0 Å². The van der Waals surface area contributed by atoms with Crippen molar-refractivity contribution in [1.29, 1.82) is 0 Å². The second-order valence-electron chi connectivity index (χ2n) is 12.6. The Labute approximate surface area is 275 Å². The van der Waals surface area contributed by atoms with Crippen molar-refractivity contribution in [1.82, 2.24) is 0 Å². The lowest BCUT2D eigenvalue weighted by atomic mass is 10.0. The van der Waals surface area contributed by atoms with E-state index in [2.05, 4.69) is 13.8 Å². The molecule has 0 aliphatic heterocycles. The first-order valence-corrected chi connectivity index (χ1v) is 19.9. The normalized spacial score (nSPS) is 12.8. The van der Waals surface area contributed by atoms with Gasteiger partial charge < -0.3 is 29.6 Å². The molecular weight excluding hydrogens is 595 g/mol. The highest BCUT2D eigenvalue weighted by Gasteiger charge is 2.29. The number of hydrogen-bond donors (Lipinski definition) is 5. The van der Waals surface area contributed by atoms with Crippen molar-refractivity contribution >= 4 is 19.6 Å². The number of carbonyl (C=O) groups is 2. The summed E-state index contributed by atoms with van der Waals surface area (Å²) in [6.07, 6.45) is 30.1. The zero-order chi connectivity index (χ0) is 34.0. The molecule has 0 heterocycles. The molecule has 0 amide bonds. The number of ketones is 1. The number of rotatable bonds is 32. The summed E-state index contributed by atoms with van der Waals surface area (Å²) in [6, 6.07) is 0. The van der Waals surface area contributed by atoms with E-state index in [1.165, 1.54) is 128 Å². The van der Waals surface area contributed by atoms with Crippen LogP contribution in [0.2, 0.25) is 0 Å². The smallest absolute Gasteiger partial charge is 0.451 e. The van der Waals surface area contributed by atoms with Gasteiger partial charge in [-0.15, -0.1) is 0 Å². The van der Waals surface area contributed by atoms with Gasteiger partial charge in [-0.3, -0.25) is 9.59 Å². The van der Waals surface area contributed by atoms with Gasteiger partial charge in [0.2, 0.25) is 0 Å². The van der Waals surface area contributed by atoms with Crippen LogP contribution in [0.25, 0.3) is 0 Å². The van der Waals surface area contributed by atoms with E-state index < -0.39 is 32.6 Å². The number of unbranched alkanes of at least 4 members (excludes halogenated alkanes) is 24. The van der Waals surface area contributed by atoms with E-state index in [1.807, 2.05) is 0 Å². The Kier molecular flexibility index (Phi) is 35.5. The van der Waals surface area contributed by atoms with E-state index in [9.17, 15) is 19.8 Å². The van der Waals surface area contributed by atoms with Crippen molar-refractivity contribution in [2.75, 3.05) is 6.61 Å². The van der Waals surface area contributed by atoms with Gasteiger partial charge in [-0.05, 0) is 12.8 Å². The number of carbonyl (C=O) groups excluding carboxylic acids is 2. The van der Waals surface area contributed by atoms with Crippen LogP contribution in [0.1, 0.15) is 194 Å². The molecule has 9 nitrogen and oxygen atoms in total. The second-order valence-corrected chi connectivity index (χ2v) is 13.7. The topological polar surface area (TPSA) is 162 Å². The van der Waals surface area contributed by atoms with E-state index in [4.69, 9.17) is 24.0 Å². The Morgan fingerprint density at radius 1 is 0.533 bits per heavy atom. The highest BCUT2D eigenvalue weighted by Crippen LogP contribution is 2.25. The summed E-state index contributed by atoms with van der Waals surface area (Å²) in [5, 5.41) is 19.4. The third kappa shape index (κ3) is 39.3. The number of ether oxygens (including phenoxy) is 1. The van der Waals surface area contributed by atoms with Crippen LogP contribution in [-0.4, -0.2) is 55.5 Å². The third-order valence-electron chi connectivity index (χ3n) is 8.12. The molecule has 0 fully saturated rings. The van der Waals surface area contributed by atoms with Crippen LogP contribution in [-0.2, 0) is 18.9 Å². The summed E-state index contributed by atoms with van der Waals surface area (Å²) >= 11 is 0. The van der Waals surface area contributed by atoms with Crippen molar-refractivity contribution in [3.05, 3.63) is 0 Å². The van der Waals surface area contributed by atoms with E-state index in [-0.39, 0.29) is 18.6 Å². The van der Waals surface area contributed by atoms with E-state index in [0.29, 0.717) is 0 Å². The highest BCUT2D eigenvalue weighted by atomic mass is 31.2. The summed E-state index contributed by atoms with van der Waals surface area (Å²) in [5.74, 6) is -0.720. The molecule has 0 aromatic heterocycles. The fourth-order valence-electron chi connectivity index (χ4n) is 5.40. The summed E-state index contributed by atoms with van der Waals surface area (Å²) < 4.78 is 14.2. The van der Waals surface area contributed by atoms with Crippen molar-refractivity contribution in [2.45, 2.75) is 206 Å². The lowest BCUT2D eigenvalue weighted by molar-refractivity contribution is -0.163. The van der Waals surface area contributed by atoms with E-state index >= 15 is 0 Å². The molecule has 0 bridgehead atoms. The predicted molar refractivity (Wildman–Crippen MR) is 183 cm³/mol.